The van der Waals surface area contributed by atoms with Crippen LogP contribution >= 0.6 is 0 Å². The molecule has 30 heavy (non-hydrogen) atoms. The van der Waals surface area contributed by atoms with E-state index in [1.54, 1.807) is 48.5 Å². The third kappa shape index (κ3) is 4.86. The zero-order chi connectivity index (χ0) is 21.7. The van der Waals surface area contributed by atoms with Crippen molar-refractivity contribution in [3.05, 3.63) is 102 Å². The first-order valence-electron chi connectivity index (χ1n) is 9.78. The standard InChI is InChI=1S/C25H25NO3S/c1-19(2)22-14-11-21(12-15-22)13-18-25(27)26(23-7-5-4-6-8-23)30(28,29)24-16-9-20(3)10-17-24/h4-19H,1-3H3/b18-13+. The molecule has 0 bridgehead atoms. The Balaban J connectivity index is 1.96. The molecule has 0 aliphatic heterocycles. The molecule has 0 radical (unpaired) electrons. The molecule has 0 atom stereocenters. The van der Waals surface area contributed by atoms with Crippen LogP contribution in [0.2, 0.25) is 0 Å². The molecule has 3 aromatic rings. The van der Waals surface area contributed by atoms with E-state index in [1.807, 2.05) is 31.2 Å². The minimum absolute atomic E-state index is 0.0694. The largest absolute Gasteiger partial charge is 0.271 e. The van der Waals surface area contributed by atoms with Crippen LogP contribution in [0.25, 0.3) is 6.08 Å². The van der Waals surface area contributed by atoms with Crippen LogP contribution in [0, 0.1) is 6.92 Å². The second-order valence-corrected chi connectivity index (χ2v) is 9.20. The molecule has 1 amide bonds. The molecular formula is C25H25NO3S. The molecule has 0 unspecified atom stereocenters. The van der Waals surface area contributed by atoms with Crippen molar-refractivity contribution in [1.82, 2.24) is 0 Å². The van der Waals surface area contributed by atoms with E-state index in [4.69, 9.17) is 0 Å². The molecule has 0 aliphatic rings. The SMILES string of the molecule is Cc1ccc(S(=O)(=O)N(C(=O)/C=C/c2ccc(C(C)C)cc2)c2ccccc2)cc1. The fourth-order valence-corrected chi connectivity index (χ4v) is 4.38. The monoisotopic (exact) mass is 419 g/mol. The molecule has 0 spiro atoms. The number of aryl methyl sites for hydroxylation is 1. The highest BCUT2D eigenvalue weighted by Gasteiger charge is 2.29. The molecule has 0 aromatic heterocycles. The zero-order valence-corrected chi connectivity index (χ0v) is 18.1. The summed E-state index contributed by atoms with van der Waals surface area (Å²) in [6, 6.07) is 22.7. The second kappa shape index (κ2) is 9.09. The predicted octanol–water partition coefficient (Wildman–Crippen LogP) is 5.55. The van der Waals surface area contributed by atoms with Crippen molar-refractivity contribution in [1.29, 1.82) is 0 Å². The Morgan fingerprint density at radius 2 is 1.47 bits per heavy atom. The summed E-state index contributed by atoms with van der Waals surface area (Å²) in [5.74, 6) is -0.215. The molecule has 4 nitrogen and oxygen atoms in total. The van der Waals surface area contributed by atoms with E-state index in [0.717, 1.165) is 15.4 Å². The van der Waals surface area contributed by atoms with E-state index in [-0.39, 0.29) is 4.90 Å². The average Bonchev–Trinajstić information content (AvgIpc) is 2.73. The number of para-hydroxylation sites is 1. The van der Waals surface area contributed by atoms with Gasteiger partial charge in [0.2, 0.25) is 0 Å². The molecule has 0 heterocycles. The van der Waals surface area contributed by atoms with Crippen LogP contribution in [-0.4, -0.2) is 14.3 Å². The van der Waals surface area contributed by atoms with Crippen molar-refractivity contribution >= 4 is 27.7 Å². The van der Waals surface area contributed by atoms with Gasteiger partial charge in [0.1, 0.15) is 0 Å². The summed E-state index contributed by atoms with van der Waals surface area (Å²) in [6.45, 7) is 6.11. The summed E-state index contributed by atoms with van der Waals surface area (Å²) in [5, 5.41) is 0. The van der Waals surface area contributed by atoms with Gasteiger partial charge in [0.05, 0.1) is 10.6 Å². The molecule has 154 valence electrons. The van der Waals surface area contributed by atoms with Gasteiger partial charge in [0.25, 0.3) is 15.9 Å². The highest BCUT2D eigenvalue weighted by Crippen LogP contribution is 2.25. The lowest BCUT2D eigenvalue weighted by atomic mass is 10.0. The predicted molar refractivity (Wildman–Crippen MR) is 122 cm³/mol. The lowest BCUT2D eigenvalue weighted by molar-refractivity contribution is -0.113. The fraction of sp³-hybridized carbons (Fsp3) is 0.160. The Morgan fingerprint density at radius 1 is 0.867 bits per heavy atom. The summed E-state index contributed by atoms with van der Waals surface area (Å²) in [4.78, 5) is 13.1. The number of carbonyl (C=O) groups is 1. The van der Waals surface area contributed by atoms with E-state index >= 15 is 0 Å². The maximum Gasteiger partial charge on any atom is 0.271 e. The van der Waals surface area contributed by atoms with E-state index in [0.29, 0.717) is 11.6 Å². The fourth-order valence-electron chi connectivity index (χ4n) is 2.99. The van der Waals surface area contributed by atoms with Gasteiger partial charge in [-0.1, -0.05) is 74.0 Å². The van der Waals surface area contributed by atoms with Crippen LogP contribution in [0.1, 0.15) is 36.5 Å². The van der Waals surface area contributed by atoms with Gasteiger partial charge < -0.3 is 0 Å². The molecular weight excluding hydrogens is 394 g/mol. The summed E-state index contributed by atoms with van der Waals surface area (Å²) in [5.41, 5.74) is 3.26. The second-order valence-electron chi connectivity index (χ2n) is 7.41. The van der Waals surface area contributed by atoms with Crippen LogP contribution in [0.15, 0.2) is 89.8 Å². The number of nitrogens with zero attached hydrogens (tertiary/aromatic N) is 1. The van der Waals surface area contributed by atoms with Gasteiger partial charge in [-0.2, -0.15) is 4.31 Å². The average molecular weight is 420 g/mol. The smallest absolute Gasteiger partial charge is 0.268 e. The van der Waals surface area contributed by atoms with Gasteiger partial charge in [-0.05, 0) is 54.3 Å². The van der Waals surface area contributed by atoms with Crippen molar-refractivity contribution in [2.24, 2.45) is 0 Å². The van der Waals surface area contributed by atoms with Gasteiger partial charge >= 0.3 is 0 Å². The third-order valence-electron chi connectivity index (χ3n) is 4.77. The van der Waals surface area contributed by atoms with Crippen LogP contribution in [-0.2, 0) is 14.8 Å². The summed E-state index contributed by atoms with van der Waals surface area (Å²) in [6.07, 6.45) is 2.93. The number of carbonyl (C=O) groups excluding carboxylic acids is 1. The van der Waals surface area contributed by atoms with E-state index in [1.165, 1.54) is 23.8 Å². The minimum Gasteiger partial charge on any atom is -0.268 e. The van der Waals surface area contributed by atoms with E-state index < -0.39 is 15.9 Å². The first-order valence-corrected chi connectivity index (χ1v) is 11.2. The Kier molecular flexibility index (Phi) is 6.53. The molecule has 3 rings (SSSR count). The molecule has 0 saturated carbocycles. The Labute approximate surface area is 178 Å². The molecule has 0 N–H and O–H groups in total. The van der Waals surface area contributed by atoms with Crippen molar-refractivity contribution in [3.8, 4) is 0 Å². The topological polar surface area (TPSA) is 54.5 Å². The molecule has 0 fully saturated rings. The quantitative estimate of drug-likeness (QED) is 0.492. The number of hydrogen-bond donors (Lipinski definition) is 0. The van der Waals surface area contributed by atoms with Crippen LogP contribution in [0.4, 0.5) is 5.69 Å². The summed E-state index contributed by atoms with van der Waals surface area (Å²) < 4.78 is 27.4. The Hall–Kier alpha value is -3.18. The number of rotatable bonds is 6. The maximum absolute atomic E-state index is 13.3. The molecule has 5 heteroatoms. The first kappa shape index (κ1) is 21.5. The van der Waals surface area contributed by atoms with Crippen molar-refractivity contribution in [3.63, 3.8) is 0 Å². The van der Waals surface area contributed by atoms with Gasteiger partial charge in [0, 0.05) is 6.08 Å². The van der Waals surface area contributed by atoms with Gasteiger partial charge in [-0.3, -0.25) is 4.79 Å². The highest BCUT2D eigenvalue weighted by molar-refractivity contribution is 7.93. The zero-order valence-electron chi connectivity index (χ0n) is 17.3. The van der Waals surface area contributed by atoms with Gasteiger partial charge in [0.15, 0.2) is 0 Å². The Bertz CT molecular complexity index is 1130. The number of anilines is 1. The molecule has 0 aliphatic carbocycles. The van der Waals surface area contributed by atoms with Gasteiger partial charge in [-0.15, -0.1) is 0 Å². The van der Waals surface area contributed by atoms with Crippen molar-refractivity contribution < 1.29 is 13.2 Å². The van der Waals surface area contributed by atoms with E-state index in [9.17, 15) is 13.2 Å². The van der Waals surface area contributed by atoms with Crippen LogP contribution in [0.5, 0.6) is 0 Å². The van der Waals surface area contributed by atoms with Crippen LogP contribution in [0.3, 0.4) is 0 Å². The number of hydrogen-bond acceptors (Lipinski definition) is 3. The molecule has 0 saturated heterocycles. The van der Waals surface area contributed by atoms with Crippen LogP contribution < -0.4 is 4.31 Å². The Morgan fingerprint density at radius 3 is 2.03 bits per heavy atom. The first-order chi connectivity index (χ1) is 14.3. The van der Waals surface area contributed by atoms with Crippen molar-refractivity contribution in [2.45, 2.75) is 31.6 Å². The maximum atomic E-state index is 13.3. The normalized spacial score (nSPS) is 11.7. The highest BCUT2D eigenvalue weighted by atomic mass is 32.2. The lowest BCUT2D eigenvalue weighted by Gasteiger charge is -2.21. The molecule has 3 aromatic carbocycles. The lowest BCUT2D eigenvalue weighted by Crippen LogP contribution is -2.35. The summed E-state index contributed by atoms with van der Waals surface area (Å²) in [7, 11) is -4.06. The minimum atomic E-state index is -4.06. The number of benzene rings is 3. The number of amides is 1. The number of sulfonamides is 1. The van der Waals surface area contributed by atoms with Gasteiger partial charge in [-0.25, -0.2) is 8.42 Å². The summed E-state index contributed by atoms with van der Waals surface area (Å²) >= 11 is 0. The van der Waals surface area contributed by atoms with Crippen molar-refractivity contribution in [2.75, 3.05) is 4.31 Å². The third-order valence-corrected chi connectivity index (χ3v) is 6.51. The van der Waals surface area contributed by atoms with E-state index in [2.05, 4.69) is 13.8 Å².